The number of imide groups is 2. The molecule has 1 N–H and O–H groups in total. The highest BCUT2D eigenvalue weighted by atomic mass is 16.5. The molecule has 8 nitrogen and oxygen atoms in total. The van der Waals surface area contributed by atoms with Crippen LogP contribution >= 0.6 is 0 Å². The molecule has 2 rings (SSSR count). The SMILES string of the molecule is CCCCN1C(=O)C(=O)N(CC(=O)Nc2cccc(OC)c2)C1=O. The lowest BCUT2D eigenvalue weighted by molar-refractivity contribution is -0.143. The van der Waals surface area contributed by atoms with Gasteiger partial charge in [0.2, 0.25) is 5.91 Å². The summed E-state index contributed by atoms with van der Waals surface area (Å²) in [6, 6.07) is 5.90. The van der Waals surface area contributed by atoms with Crippen molar-refractivity contribution in [3.05, 3.63) is 24.3 Å². The molecule has 0 bridgehead atoms. The third-order valence-electron chi connectivity index (χ3n) is 3.53. The molecule has 1 fully saturated rings. The summed E-state index contributed by atoms with van der Waals surface area (Å²) in [5, 5.41) is 2.56. The van der Waals surface area contributed by atoms with Gasteiger partial charge in [-0.25, -0.2) is 9.69 Å². The summed E-state index contributed by atoms with van der Waals surface area (Å²) in [7, 11) is 1.50. The first-order valence-corrected chi connectivity index (χ1v) is 7.59. The van der Waals surface area contributed by atoms with Gasteiger partial charge in [0.05, 0.1) is 7.11 Å². The highest BCUT2D eigenvalue weighted by Crippen LogP contribution is 2.17. The lowest BCUT2D eigenvalue weighted by atomic mass is 10.3. The zero-order chi connectivity index (χ0) is 17.7. The fourth-order valence-corrected chi connectivity index (χ4v) is 2.25. The smallest absolute Gasteiger partial charge is 0.334 e. The summed E-state index contributed by atoms with van der Waals surface area (Å²) in [5.41, 5.74) is 0.465. The van der Waals surface area contributed by atoms with Crippen LogP contribution in [0.4, 0.5) is 10.5 Å². The number of benzene rings is 1. The summed E-state index contributed by atoms with van der Waals surface area (Å²) in [4.78, 5) is 49.4. The number of amides is 5. The van der Waals surface area contributed by atoms with Gasteiger partial charge in [-0.3, -0.25) is 19.3 Å². The molecule has 0 aromatic heterocycles. The van der Waals surface area contributed by atoms with E-state index >= 15 is 0 Å². The van der Waals surface area contributed by atoms with Crippen LogP contribution in [-0.4, -0.2) is 53.8 Å². The van der Waals surface area contributed by atoms with E-state index in [9.17, 15) is 19.2 Å². The number of hydrogen-bond donors (Lipinski definition) is 1. The van der Waals surface area contributed by atoms with Gasteiger partial charge in [0.1, 0.15) is 12.3 Å². The van der Waals surface area contributed by atoms with Crippen LogP contribution in [0.1, 0.15) is 19.8 Å². The number of carbonyl (C=O) groups is 4. The molecule has 1 aromatic rings. The van der Waals surface area contributed by atoms with E-state index in [0.29, 0.717) is 22.8 Å². The van der Waals surface area contributed by atoms with Crippen LogP contribution < -0.4 is 10.1 Å². The highest BCUT2D eigenvalue weighted by Gasteiger charge is 2.44. The van der Waals surface area contributed by atoms with Crippen molar-refractivity contribution in [3.63, 3.8) is 0 Å². The monoisotopic (exact) mass is 333 g/mol. The number of unbranched alkanes of at least 4 members (excludes halogenated alkanes) is 1. The van der Waals surface area contributed by atoms with Crippen molar-refractivity contribution in [2.75, 3.05) is 25.5 Å². The molecule has 24 heavy (non-hydrogen) atoms. The van der Waals surface area contributed by atoms with E-state index in [1.54, 1.807) is 24.3 Å². The Bertz CT molecular complexity index is 673. The Labute approximate surface area is 139 Å². The Hall–Kier alpha value is -2.90. The lowest BCUT2D eigenvalue weighted by Crippen LogP contribution is -2.39. The first-order chi connectivity index (χ1) is 11.5. The number of rotatable bonds is 7. The molecule has 1 aromatic carbocycles. The molecule has 8 heteroatoms. The van der Waals surface area contributed by atoms with Crippen molar-refractivity contribution in [1.82, 2.24) is 9.80 Å². The Kier molecular flexibility index (Phi) is 5.51. The van der Waals surface area contributed by atoms with E-state index in [1.807, 2.05) is 6.92 Å². The Morgan fingerprint density at radius 3 is 2.54 bits per heavy atom. The van der Waals surface area contributed by atoms with Gasteiger partial charge in [0.15, 0.2) is 0 Å². The van der Waals surface area contributed by atoms with Gasteiger partial charge in [0, 0.05) is 18.3 Å². The van der Waals surface area contributed by atoms with Gasteiger partial charge in [-0.05, 0) is 18.6 Å². The molecule has 1 aliphatic rings. The van der Waals surface area contributed by atoms with E-state index in [4.69, 9.17) is 4.74 Å². The van der Waals surface area contributed by atoms with Crippen LogP contribution in [-0.2, 0) is 14.4 Å². The number of nitrogens with zero attached hydrogens (tertiary/aromatic N) is 2. The first kappa shape index (κ1) is 17.5. The van der Waals surface area contributed by atoms with E-state index in [1.165, 1.54) is 7.11 Å². The molecule has 0 atom stereocenters. The maximum Gasteiger partial charge on any atom is 0.334 e. The minimum Gasteiger partial charge on any atom is -0.497 e. The largest absolute Gasteiger partial charge is 0.497 e. The van der Waals surface area contributed by atoms with Gasteiger partial charge in [-0.2, -0.15) is 0 Å². The van der Waals surface area contributed by atoms with Gasteiger partial charge < -0.3 is 10.1 Å². The van der Waals surface area contributed by atoms with Crippen molar-refractivity contribution in [1.29, 1.82) is 0 Å². The van der Waals surface area contributed by atoms with Crippen LogP contribution in [0.15, 0.2) is 24.3 Å². The van der Waals surface area contributed by atoms with Crippen LogP contribution in [0.3, 0.4) is 0 Å². The molecule has 0 aliphatic carbocycles. The molecule has 1 saturated heterocycles. The zero-order valence-corrected chi connectivity index (χ0v) is 13.6. The van der Waals surface area contributed by atoms with Crippen LogP contribution in [0.5, 0.6) is 5.75 Å². The molecule has 0 spiro atoms. The third kappa shape index (κ3) is 3.70. The number of anilines is 1. The molecule has 0 unspecified atom stereocenters. The minimum atomic E-state index is -0.975. The molecular formula is C16H19N3O5. The molecule has 0 radical (unpaired) electrons. The standard InChI is InChI=1S/C16H19N3O5/c1-3-4-8-18-14(21)15(22)19(16(18)23)10-13(20)17-11-6-5-7-12(9-11)24-2/h5-7,9H,3-4,8,10H2,1-2H3,(H,17,20). The minimum absolute atomic E-state index is 0.175. The average Bonchev–Trinajstić information content (AvgIpc) is 2.77. The van der Waals surface area contributed by atoms with Crippen molar-refractivity contribution in [2.24, 2.45) is 0 Å². The maximum atomic E-state index is 12.1. The van der Waals surface area contributed by atoms with E-state index in [0.717, 1.165) is 11.3 Å². The van der Waals surface area contributed by atoms with Gasteiger partial charge >= 0.3 is 17.8 Å². The average molecular weight is 333 g/mol. The van der Waals surface area contributed by atoms with E-state index in [2.05, 4.69) is 5.32 Å². The predicted molar refractivity (Wildman–Crippen MR) is 85.4 cm³/mol. The number of carbonyl (C=O) groups excluding carboxylic acids is 4. The van der Waals surface area contributed by atoms with Crippen molar-refractivity contribution in [2.45, 2.75) is 19.8 Å². The molecule has 1 heterocycles. The predicted octanol–water partition coefficient (Wildman–Crippen LogP) is 1.22. The highest BCUT2D eigenvalue weighted by molar-refractivity contribution is 6.45. The fraction of sp³-hybridized carbons (Fsp3) is 0.375. The summed E-state index contributed by atoms with van der Waals surface area (Å²) >= 11 is 0. The molecular weight excluding hydrogens is 314 g/mol. The quantitative estimate of drug-likeness (QED) is 0.598. The number of hydrogen-bond acceptors (Lipinski definition) is 5. The topological polar surface area (TPSA) is 96.0 Å². The van der Waals surface area contributed by atoms with Crippen molar-refractivity contribution in [3.8, 4) is 5.75 Å². The van der Waals surface area contributed by atoms with E-state index in [-0.39, 0.29) is 6.54 Å². The number of urea groups is 1. The second kappa shape index (κ2) is 7.58. The molecule has 5 amide bonds. The summed E-state index contributed by atoms with van der Waals surface area (Å²) in [5.74, 6) is -1.88. The van der Waals surface area contributed by atoms with Crippen LogP contribution in [0, 0.1) is 0 Å². The molecule has 1 aliphatic heterocycles. The van der Waals surface area contributed by atoms with E-state index < -0.39 is 30.3 Å². The number of methoxy groups -OCH3 is 1. The Morgan fingerprint density at radius 1 is 1.17 bits per heavy atom. The number of ether oxygens (including phenoxy) is 1. The van der Waals surface area contributed by atoms with Crippen LogP contribution in [0.2, 0.25) is 0 Å². The van der Waals surface area contributed by atoms with Crippen molar-refractivity contribution >= 4 is 29.4 Å². The van der Waals surface area contributed by atoms with Gasteiger partial charge in [0.25, 0.3) is 0 Å². The summed E-state index contributed by atoms with van der Waals surface area (Å²) in [6.07, 6.45) is 1.39. The van der Waals surface area contributed by atoms with Crippen molar-refractivity contribution < 1.29 is 23.9 Å². The Morgan fingerprint density at radius 2 is 1.88 bits per heavy atom. The fourth-order valence-electron chi connectivity index (χ4n) is 2.25. The third-order valence-corrected chi connectivity index (χ3v) is 3.53. The normalized spacial score (nSPS) is 14.3. The maximum absolute atomic E-state index is 12.1. The summed E-state index contributed by atoms with van der Waals surface area (Å²) in [6.45, 7) is 1.57. The lowest BCUT2D eigenvalue weighted by Gasteiger charge is -2.15. The number of nitrogens with one attached hydrogen (secondary N) is 1. The Balaban J connectivity index is 2.01. The van der Waals surface area contributed by atoms with Gasteiger partial charge in [-0.15, -0.1) is 0 Å². The zero-order valence-electron chi connectivity index (χ0n) is 13.6. The van der Waals surface area contributed by atoms with Crippen LogP contribution in [0.25, 0.3) is 0 Å². The second-order valence-electron chi connectivity index (χ2n) is 5.26. The second-order valence-corrected chi connectivity index (χ2v) is 5.26. The first-order valence-electron chi connectivity index (χ1n) is 7.59. The van der Waals surface area contributed by atoms with Gasteiger partial charge in [-0.1, -0.05) is 19.4 Å². The molecule has 0 saturated carbocycles. The molecule has 128 valence electrons. The summed E-state index contributed by atoms with van der Waals surface area (Å²) < 4.78 is 5.05.